The third kappa shape index (κ3) is 3.81. The summed E-state index contributed by atoms with van der Waals surface area (Å²) in [6, 6.07) is 4.94. The molecule has 1 aromatic heterocycles. The zero-order valence-corrected chi connectivity index (χ0v) is 11.9. The third-order valence-corrected chi connectivity index (χ3v) is 2.90. The number of aryl methyl sites for hydroxylation is 1. The predicted molar refractivity (Wildman–Crippen MR) is 77.9 cm³/mol. The Kier molecular flexibility index (Phi) is 5.12. The molecule has 0 atom stereocenters. The van der Waals surface area contributed by atoms with E-state index in [-0.39, 0.29) is 5.82 Å². The maximum absolute atomic E-state index is 13.5. The van der Waals surface area contributed by atoms with Crippen LogP contribution in [0.1, 0.15) is 18.9 Å². The van der Waals surface area contributed by atoms with Gasteiger partial charge in [0.25, 0.3) is 0 Å². The standard InChI is InChI=1S/C15H20FN3O/c1-3-20-8-4-5-17-15-18-6-7-19(15)14-10-12(2)9-13(16)11-14/h6-7,9-11H,3-5,8H2,1-2H3,(H,17,18). The van der Waals surface area contributed by atoms with E-state index in [1.54, 1.807) is 6.20 Å². The molecule has 1 heterocycles. The van der Waals surface area contributed by atoms with Crippen molar-refractivity contribution >= 4 is 5.95 Å². The van der Waals surface area contributed by atoms with Gasteiger partial charge in [0.15, 0.2) is 0 Å². The number of aromatic nitrogens is 2. The average molecular weight is 277 g/mol. The van der Waals surface area contributed by atoms with E-state index in [1.165, 1.54) is 12.1 Å². The third-order valence-electron chi connectivity index (χ3n) is 2.90. The largest absolute Gasteiger partial charge is 0.382 e. The Morgan fingerprint density at radius 1 is 1.35 bits per heavy atom. The van der Waals surface area contributed by atoms with Gasteiger partial charge in [0, 0.05) is 32.2 Å². The summed E-state index contributed by atoms with van der Waals surface area (Å²) >= 11 is 0. The van der Waals surface area contributed by atoms with Gasteiger partial charge in [-0.1, -0.05) is 0 Å². The first kappa shape index (κ1) is 14.5. The summed E-state index contributed by atoms with van der Waals surface area (Å²) in [6.45, 7) is 6.08. The predicted octanol–water partition coefficient (Wildman–Crippen LogP) is 3.16. The van der Waals surface area contributed by atoms with Crippen LogP contribution >= 0.6 is 0 Å². The van der Waals surface area contributed by atoms with Gasteiger partial charge >= 0.3 is 0 Å². The van der Waals surface area contributed by atoms with Crippen LogP contribution in [0.25, 0.3) is 5.69 Å². The van der Waals surface area contributed by atoms with E-state index in [0.29, 0.717) is 5.95 Å². The summed E-state index contributed by atoms with van der Waals surface area (Å²) in [5, 5.41) is 3.24. The Bertz CT molecular complexity index is 534. The molecule has 4 nitrogen and oxygen atoms in total. The number of hydrogen-bond acceptors (Lipinski definition) is 3. The van der Waals surface area contributed by atoms with Crippen molar-refractivity contribution in [2.75, 3.05) is 25.1 Å². The van der Waals surface area contributed by atoms with E-state index in [2.05, 4.69) is 10.3 Å². The molecule has 0 fully saturated rings. The average Bonchev–Trinajstić information content (AvgIpc) is 2.86. The summed E-state index contributed by atoms with van der Waals surface area (Å²) in [5.41, 5.74) is 1.66. The van der Waals surface area contributed by atoms with Gasteiger partial charge in [0.05, 0.1) is 5.69 Å². The van der Waals surface area contributed by atoms with Gasteiger partial charge < -0.3 is 10.1 Å². The minimum absolute atomic E-state index is 0.240. The molecule has 1 N–H and O–H groups in total. The first-order valence-electron chi connectivity index (χ1n) is 6.83. The van der Waals surface area contributed by atoms with E-state index in [0.717, 1.165) is 37.4 Å². The number of nitrogens with one attached hydrogen (secondary N) is 1. The van der Waals surface area contributed by atoms with Crippen LogP contribution in [-0.4, -0.2) is 29.3 Å². The lowest BCUT2D eigenvalue weighted by atomic mass is 10.2. The summed E-state index contributed by atoms with van der Waals surface area (Å²) in [7, 11) is 0. The topological polar surface area (TPSA) is 39.1 Å². The van der Waals surface area contributed by atoms with Crippen molar-refractivity contribution < 1.29 is 9.13 Å². The summed E-state index contributed by atoms with van der Waals surface area (Å²) in [6.07, 6.45) is 4.42. The highest BCUT2D eigenvalue weighted by atomic mass is 19.1. The van der Waals surface area contributed by atoms with E-state index >= 15 is 0 Å². The molecule has 0 bridgehead atoms. The molecule has 1 aromatic carbocycles. The van der Waals surface area contributed by atoms with Crippen molar-refractivity contribution in [3.8, 4) is 5.69 Å². The van der Waals surface area contributed by atoms with E-state index < -0.39 is 0 Å². The van der Waals surface area contributed by atoms with Crippen molar-refractivity contribution in [1.82, 2.24) is 9.55 Å². The van der Waals surface area contributed by atoms with Crippen molar-refractivity contribution in [2.45, 2.75) is 20.3 Å². The fraction of sp³-hybridized carbons (Fsp3) is 0.400. The normalized spacial score (nSPS) is 10.8. The molecule has 0 saturated heterocycles. The molecule has 0 radical (unpaired) electrons. The van der Waals surface area contributed by atoms with Gasteiger partial charge in [0.2, 0.25) is 5.95 Å². The lowest BCUT2D eigenvalue weighted by Crippen LogP contribution is -2.10. The van der Waals surface area contributed by atoms with E-state index in [9.17, 15) is 4.39 Å². The van der Waals surface area contributed by atoms with Gasteiger partial charge in [-0.3, -0.25) is 4.57 Å². The minimum Gasteiger partial charge on any atom is -0.382 e. The zero-order valence-electron chi connectivity index (χ0n) is 11.9. The second kappa shape index (κ2) is 7.05. The molecule has 0 spiro atoms. The first-order valence-corrected chi connectivity index (χ1v) is 6.83. The Labute approximate surface area is 118 Å². The number of rotatable bonds is 7. The fourth-order valence-electron chi connectivity index (χ4n) is 2.02. The number of imidazole rings is 1. The minimum atomic E-state index is -0.240. The summed E-state index contributed by atoms with van der Waals surface area (Å²) < 4.78 is 20.6. The van der Waals surface area contributed by atoms with Crippen molar-refractivity contribution in [2.24, 2.45) is 0 Å². The summed E-state index contributed by atoms with van der Waals surface area (Å²) in [5.74, 6) is 0.475. The highest BCUT2D eigenvalue weighted by Crippen LogP contribution is 2.17. The number of nitrogens with zero attached hydrogens (tertiary/aromatic N) is 2. The first-order chi connectivity index (χ1) is 9.70. The molecule has 0 amide bonds. The van der Waals surface area contributed by atoms with Crippen LogP contribution < -0.4 is 5.32 Å². The number of halogens is 1. The van der Waals surface area contributed by atoms with E-state index in [1.807, 2.05) is 30.7 Å². The molecule has 0 aliphatic carbocycles. The van der Waals surface area contributed by atoms with Crippen molar-refractivity contribution in [3.05, 3.63) is 42.0 Å². The monoisotopic (exact) mass is 277 g/mol. The quantitative estimate of drug-likeness (QED) is 0.790. The van der Waals surface area contributed by atoms with Crippen LogP contribution in [0, 0.1) is 12.7 Å². The van der Waals surface area contributed by atoms with Crippen molar-refractivity contribution in [3.63, 3.8) is 0 Å². The van der Waals surface area contributed by atoms with Crippen LogP contribution in [0.3, 0.4) is 0 Å². The van der Waals surface area contributed by atoms with Gasteiger partial charge in [-0.2, -0.15) is 0 Å². The maximum Gasteiger partial charge on any atom is 0.207 e. The van der Waals surface area contributed by atoms with Crippen LogP contribution in [0.15, 0.2) is 30.6 Å². The molecule has 2 rings (SSSR count). The number of ether oxygens (including phenoxy) is 1. The van der Waals surface area contributed by atoms with Gasteiger partial charge in [-0.15, -0.1) is 0 Å². The molecule has 2 aromatic rings. The zero-order chi connectivity index (χ0) is 14.4. The molecular weight excluding hydrogens is 257 g/mol. The Morgan fingerprint density at radius 3 is 2.95 bits per heavy atom. The van der Waals surface area contributed by atoms with Gasteiger partial charge in [0.1, 0.15) is 5.82 Å². The van der Waals surface area contributed by atoms with Crippen LogP contribution in [0.4, 0.5) is 10.3 Å². The van der Waals surface area contributed by atoms with Crippen LogP contribution in [0.2, 0.25) is 0 Å². The number of hydrogen-bond donors (Lipinski definition) is 1. The fourth-order valence-corrected chi connectivity index (χ4v) is 2.02. The number of anilines is 1. The molecular formula is C15H20FN3O. The van der Waals surface area contributed by atoms with Crippen LogP contribution in [-0.2, 0) is 4.74 Å². The lowest BCUT2D eigenvalue weighted by Gasteiger charge is -2.10. The Hall–Kier alpha value is -1.88. The highest BCUT2D eigenvalue weighted by Gasteiger charge is 2.06. The second-order valence-electron chi connectivity index (χ2n) is 4.58. The molecule has 5 heteroatoms. The maximum atomic E-state index is 13.5. The molecule has 108 valence electrons. The van der Waals surface area contributed by atoms with E-state index in [4.69, 9.17) is 4.74 Å². The smallest absolute Gasteiger partial charge is 0.207 e. The Morgan fingerprint density at radius 2 is 2.20 bits per heavy atom. The second-order valence-corrected chi connectivity index (χ2v) is 4.58. The molecule has 0 aliphatic heterocycles. The van der Waals surface area contributed by atoms with Gasteiger partial charge in [-0.05, 0) is 44.0 Å². The Balaban J connectivity index is 2.04. The molecule has 0 saturated carbocycles. The van der Waals surface area contributed by atoms with Crippen molar-refractivity contribution in [1.29, 1.82) is 0 Å². The lowest BCUT2D eigenvalue weighted by molar-refractivity contribution is 0.147. The SMILES string of the molecule is CCOCCCNc1nccn1-c1cc(C)cc(F)c1. The van der Waals surface area contributed by atoms with Crippen LogP contribution in [0.5, 0.6) is 0 Å². The molecule has 20 heavy (non-hydrogen) atoms. The van der Waals surface area contributed by atoms with Gasteiger partial charge in [-0.25, -0.2) is 9.37 Å². The summed E-state index contributed by atoms with van der Waals surface area (Å²) in [4.78, 5) is 4.26. The highest BCUT2D eigenvalue weighted by molar-refractivity contribution is 5.43. The number of benzene rings is 1. The molecule has 0 aliphatic rings. The molecule has 0 unspecified atom stereocenters.